The maximum Gasteiger partial charge on any atom is 0.282 e. The number of nitrogens with zero attached hydrogens (tertiary/aromatic N) is 3. The van der Waals surface area contributed by atoms with Gasteiger partial charge < -0.3 is 9.47 Å². The van der Waals surface area contributed by atoms with E-state index in [4.69, 9.17) is 37.7 Å². The maximum absolute atomic E-state index is 13.5. The summed E-state index contributed by atoms with van der Waals surface area (Å²) in [7, 11) is 0. The summed E-state index contributed by atoms with van der Waals surface area (Å²) >= 11 is 22.9. The highest BCUT2D eigenvalue weighted by Crippen LogP contribution is 2.43. The monoisotopic (exact) mass is 757 g/mol. The van der Waals surface area contributed by atoms with Crippen molar-refractivity contribution in [2.24, 2.45) is 5.10 Å². The molecule has 0 aliphatic rings. The lowest BCUT2D eigenvalue weighted by molar-refractivity contribution is 0.267. The number of hydrogen-bond acceptors (Lipinski definition) is 5. The molecule has 0 spiro atoms. The van der Waals surface area contributed by atoms with Gasteiger partial charge in [-0.2, -0.15) is 9.78 Å². The van der Waals surface area contributed by atoms with Crippen LogP contribution in [0.5, 0.6) is 11.5 Å². The minimum Gasteiger partial charge on any atom is -0.490 e. The SMILES string of the molecule is CCOc1cc(C=Nn2c(C(C)(C)C)nc3ccc(Br)cc3c2=O)c(Br)c(Br)c1OCc1ccc(Cl)c(Cl)c1. The molecule has 0 saturated carbocycles. The van der Waals surface area contributed by atoms with Crippen molar-refractivity contribution in [2.75, 3.05) is 6.61 Å². The van der Waals surface area contributed by atoms with Crippen LogP contribution in [0.1, 0.15) is 44.6 Å². The Labute approximate surface area is 261 Å². The Morgan fingerprint density at radius 1 is 1.00 bits per heavy atom. The third-order valence-corrected chi connectivity index (χ3v) is 8.99. The summed E-state index contributed by atoms with van der Waals surface area (Å²) in [4.78, 5) is 18.3. The molecule has 3 aromatic carbocycles. The zero-order valence-electron chi connectivity index (χ0n) is 21.5. The summed E-state index contributed by atoms with van der Waals surface area (Å²) in [5.41, 5.74) is 1.45. The molecule has 0 aliphatic heterocycles. The first-order valence-electron chi connectivity index (χ1n) is 11.9. The highest BCUT2D eigenvalue weighted by molar-refractivity contribution is 9.13. The predicted octanol–water partition coefficient (Wildman–Crippen LogP) is 9.15. The highest BCUT2D eigenvalue weighted by Gasteiger charge is 2.23. The quantitative estimate of drug-likeness (QED) is 0.176. The van der Waals surface area contributed by atoms with Gasteiger partial charge in [0.25, 0.3) is 5.56 Å². The molecule has 1 heterocycles. The van der Waals surface area contributed by atoms with Crippen LogP contribution in [-0.2, 0) is 12.0 Å². The molecular weight excluding hydrogens is 737 g/mol. The number of hydrogen-bond donors (Lipinski definition) is 0. The van der Waals surface area contributed by atoms with Crippen LogP contribution in [0.2, 0.25) is 10.0 Å². The van der Waals surface area contributed by atoms with Gasteiger partial charge in [-0.1, -0.05) is 66.0 Å². The first-order chi connectivity index (χ1) is 18.4. The fourth-order valence-electron chi connectivity index (χ4n) is 3.74. The molecule has 0 atom stereocenters. The largest absolute Gasteiger partial charge is 0.490 e. The van der Waals surface area contributed by atoms with Gasteiger partial charge in [-0.3, -0.25) is 4.79 Å². The van der Waals surface area contributed by atoms with Crippen LogP contribution in [0, 0.1) is 0 Å². The topological polar surface area (TPSA) is 65.7 Å². The molecule has 0 unspecified atom stereocenters. The zero-order chi connectivity index (χ0) is 28.5. The first kappa shape index (κ1) is 30.1. The second-order valence-corrected chi connectivity index (χ2v) is 12.9. The minimum atomic E-state index is -0.436. The molecule has 0 radical (unpaired) electrons. The summed E-state index contributed by atoms with van der Waals surface area (Å²) < 4.78 is 15.5. The van der Waals surface area contributed by atoms with Crippen LogP contribution in [0.25, 0.3) is 10.9 Å². The van der Waals surface area contributed by atoms with E-state index in [1.54, 1.807) is 30.5 Å². The Balaban J connectivity index is 1.77. The van der Waals surface area contributed by atoms with Crippen molar-refractivity contribution < 1.29 is 9.47 Å². The maximum atomic E-state index is 13.5. The molecule has 0 fully saturated rings. The molecule has 4 aromatic rings. The number of fused-ring (bicyclic) bond motifs is 1. The fourth-order valence-corrected chi connectivity index (χ4v) is 5.36. The molecule has 11 heteroatoms. The van der Waals surface area contributed by atoms with Crippen LogP contribution in [0.4, 0.5) is 0 Å². The standard InChI is InChI=1S/C28H24Br3Cl2N3O3/c1-5-38-22-11-16(23(30)24(31)25(22)39-14-15-6-8-19(32)20(33)10-15)13-34-36-26(37)18-12-17(29)7-9-21(18)35-27(36)28(2,3)4/h6-13H,5,14H2,1-4H3. The van der Waals surface area contributed by atoms with Crippen LogP contribution < -0.4 is 15.0 Å². The lowest BCUT2D eigenvalue weighted by Gasteiger charge is -2.21. The predicted molar refractivity (Wildman–Crippen MR) is 169 cm³/mol. The van der Waals surface area contributed by atoms with Crippen LogP contribution in [0.3, 0.4) is 0 Å². The molecule has 6 nitrogen and oxygen atoms in total. The molecule has 0 N–H and O–H groups in total. The zero-order valence-corrected chi connectivity index (χ0v) is 27.8. The van der Waals surface area contributed by atoms with Gasteiger partial charge in [0.05, 0.1) is 38.2 Å². The Morgan fingerprint density at radius 2 is 1.74 bits per heavy atom. The average molecular weight is 761 g/mol. The average Bonchev–Trinajstić information content (AvgIpc) is 2.87. The van der Waals surface area contributed by atoms with Crippen molar-refractivity contribution in [3.8, 4) is 11.5 Å². The Hall–Kier alpha value is -1.91. The second-order valence-electron chi connectivity index (χ2n) is 9.60. The van der Waals surface area contributed by atoms with E-state index < -0.39 is 5.41 Å². The number of ether oxygens (including phenoxy) is 2. The third-order valence-electron chi connectivity index (χ3n) is 5.61. The summed E-state index contributed by atoms with van der Waals surface area (Å²) in [6, 6.07) is 12.6. The Morgan fingerprint density at radius 3 is 2.41 bits per heavy atom. The summed E-state index contributed by atoms with van der Waals surface area (Å²) in [6.45, 7) is 8.53. The van der Waals surface area contributed by atoms with Gasteiger partial charge in [0.15, 0.2) is 11.5 Å². The Bertz CT molecular complexity index is 1650. The van der Waals surface area contributed by atoms with Gasteiger partial charge in [0.1, 0.15) is 12.4 Å². The molecule has 0 saturated heterocycles. The van der Waals surface area contributed by atoms with Crippen molar-refractivity contribution in [3.05, 3.63) is 93.2 Å². The van der Waals surface area contributed by atoms with Gasteiger partial charge in [-0.05, 0) is 80.7 Å². The summed E-state index contributed by atoms with van der Waals surface area (Å²) in [5.74, 6) is 1.56. The van der Waals surface area contributed by atoms with E-state index in [-0.39, 0.29) is 12.2 Å². The molecular formula is C28H24Br3Cl2N3O3. The van der Waals surface area contributed by atoms with E-state index in [0.717, 1.165) is 10.0 Å². The third kappa shape index (κ3) is 6.70. The highest BCUT2D eigenvalue weighted by atomic mass is 79.9. The first-order valence-corrected chi connectivity index (χ1v) is 15.0. The van der Waals surface area contributed by atoms with Crippen molar-refractivity contribution in [1.82, 2.24) is 9.66 Å². The van der Waals surface area contributed by atoms with Crippen LogP contribution in [0.15, 0.2) is 65.8 Å². The molecule has 39 heavy (non-hydrogen) atoms. The van der Waals surface area contributed by atoms with E-state index in [1.165, 1.54) is 4.68 Å². The lowest BCUT2D eigenvalue weighted by atomic mass is 9.95. The summed E-state index contributed by atoms with van der Waals surface area (Å²) in [5, 5.41) is 5.99. The van der Waals surface area contributed by atoms with Gasteiger partial charge in [-0.15, -0.1) is 0 Å². The van der Waals surface area contributed by atoms with E-state index in [0.29, 0.717) is 59.4 Å². The molecule has 0 bridgehead atoms. The molecule has 4 rings (SSSR count). The second kappa shape index (κ2) is 12.3. The molecule has 0 aliphatic carbocycles. The molecule has 204 valence electrons. The van der Waals surface area contributed by atoms with E-state index in [9.17, 15) is 4.79 Å². The number of aromatic nitrogens is 2. The molecule has 1 aromatic heterocycles. The van der Waals surface area contributed by atoms with E-state index in [2.05, 4.69) is 52.9 Å². The molecule has 0 amide bonds. The number of benzene rings is 3. The van der Waals surface area contributed by atoms with E-state index >= 15 is 0 Å². The smallest absolute Gasteiger partial charge is 0.282 e. The van der Waals surface area contributed by atoms with Crippen molar-refractivity contribution >= 4 is 88.1 Å². The Kier molecular flexibility index (Phi) is 9.49. The van der Waals surface area contributed by atoms with Crippen LogP contribution in [-0.4, -0.2) is 22.5 Å². The number of halogens is 5. The lowest BCUT2D eigenvalue weighted by Crippen LogP contribution is -2.29. The number of rotatable bonds is 7. The normalized spacial score (nSPS) is 11.9. The van der Waals surface area contributed by atoms with Crippen LogP contribution >= 0.6 is 71.0 Å². The van der Waals surface area contributed by atoms with E-state index in [1.807, 2.05) is 45.9 Å². The van der Waals surface area contributed by atoms with Gasteiger partial charge in [0.2, 0.25) is 0 Å². The van der Waals surface area contributed by atoms with Gasteiger partial charge in [-0.25, -0.2) is 4.98 Å². The van der Waals surface area contributed by atoms with Crippen molar-refractivity contribution in [2.45, 2.75) is 39.7 Å². The van der Waals surface area contributed by atoms with Crippen molar-refractivity contribution in [1.29, 1.82) is 0 Å². The van der Waals surface area contributed by atoms with Gasteiger partial charge >= 0.3 is 0 Å². The van der Waals surface area contributed by atoms with Gasteiger partial charge in [0, 0.05) is 19.9 Å². The summed E-state index contributed by atoms with van der Waals surface area (Å²) in [6.07, 6.45) is 1.60. The fraction of sp³-hybridized carbons (Fsp3) is 0.250. The van der Waals surface area contributed by atoms with Crippen molar-refractivity contribution in [3.63, 3.8) is 0 Å². The minimum absolute atomic E-state index is 0.248.